The van der Waals surface area contributed by atoms with Crippen LogP contribution < -0.4 is 4.72 Å². The van der Waals surface area contributed by atoms with Crippen molar-refractivity contribution in [2.24, 2.45) is 5.92 Å². The standard InChI is InChI=1S/C11H11Cl2NO4S/c12-8-3-7(11(15)16)4-9(13)10(8)14-19(17,18)5-6-1-2-6/h3-4,6,14H,1-2,5H2,(H,15,16). The lowest BCUT2D eigenvalue weighted by molar-refractivity contribution is 0.0697. The summed E-state index contributed by atoms with van der Waals surface area (Å²) in [5.41, 5.74) is -0.0749. The third-order valence-electron chi connectivity index (χ3n) is 2.70. The Hall–Kier alpha value is -0.980. The highest BCUT2D eigenvalue weighted by atomic mass is 35.5. The SMILES string of the molecule is O=C(O)c1cc(Cl)c(NS(=O)(=O)CC2CC2)c(Cl)c1. The van der Waals surface area contributed by atoms with Crippen LogP contribution in [0.25, 0.3) is 0 Å². The second-order valence-corrected chi connectivity index (χ2v) is 7.03. The van der Waals surface area contributed by atoms with Crippen LogP contribution in [0.1, 0.15) is 23.2 Å². The first kappa shape index (κ1) is 14.4. The van der Waals surface area contributed by atoms with Crippen molar-refractivity contribution in [1.29, 1.82) is 0 Å². The van der Waals surface area contributed by atoms with Gasteiger partial charge in [0, 0.05) is 0 Å². The average molecular weight is 324 g/mol. The number of anilines is 1. The van der Waals surface area contributed by atoms with Crippen LogP contribution in [-0.4, -0.2) is 25.2 Å². The van der Waals surface area contributed by atoms with Gasteiger partial charge in [0.15, 0.2) is 0 Å². The highest BCUT2D eigenvalue weighted by molar-refractivity contribution is 7.92. The van der Waals surface area contributed by atoms with E-state index >= 15 is 0 Å². The number of benzene rings is 1. The first-order chi connectivity index (χ1) is 8.78. The van der Waals surface area contributed by atoms with E-state index in [1.54, 1.807) is 0 Å². The van der Waals surface area contributed by atoms with Gasteiger partial charge in [-0.05, 0) is 30.9 Å². The molecule has 0 atom stereocenters. The molecule has 0 saturated heterocycles. The van der Waals surface area contributed by atoms with E-state index in [0.717, 1.165) is 25.0 Å². The number of sulfonamides is 1. The highest BCUT2D eigenvalue weighted by Crippen LogP contribution is 2.35. The predicted octanol–water partition coefficient (Wildman–Crippen LogP) is 2.84. The van der Waals surface area contributed by atoms with Crippen molar-refractivity contribution in [2.45, 2.75) is 12.8 Å². The zero-order valence-electron chi connectivity index (χ0n) is 9.69. The summed E-state index contributed by atoms with van der Waals surface area (Å²) in [6, 6.07) is 2.31. The maximum absolute atomic E-state index is 11.8. The lowest BCUT2D eigenvalue weighted by Gasteiger charge is -2.11. The molecule has 0 aromatic heterocycles. The molecule has 0 unspecified atom stereocenters. The van der Waals surface area contributed by atoms with Gasteiger partial charge >= 0.3 is 5.97 Å². The van der Waals surface area contributed by atoms with E-state index in [1.807, 2.05) is 0 Å². The molecule has 1 fully saturated rings. The maximum Gasteiger partial charge on any atom is 0.335 e. The quantitative estimate of drug-likeness (QED) is 0.872. The molecule has 1 aliphatic rings. The summed E-state index contributed by atoms with van der Waals surface area (Å²) in [6.07, 6.45) is 1.81. The van der Waals surface area contributed by atoms with E-state index in [2.05, 4.69) is 4.72 Å². The molecule has 0 spiro atoms. The van der Waals surface area contributed by atoms with Crippen molar-refractivity contribution in [3.05, 3.63) is 27.7 Å². The van der Waals surface area contributed by atoms with Crippen molar-refractivity contribution in [1.82, 2.24) is 0 Å². The molecule has 0 heterocycles. The summed E-state index contributed by atoms with van der Waals surface area (Å²) < 4.78 is 26.0. The molecule has 0 aliphatic heterocycles. The number of carboxylic acid groups (broad SMARTS) is 1. The van der Waals surface area contributed by atoms with Crippen molar-refractivity contribution < 1.29 is 18.3 Å². The Kier molecular flexibility index (Phi) is 3.94. The van der Waals surface area contributed by atoms with Crippen LogP contribution in [-0.2, 0) is 10.0 Å². The number of hydrogen-bond donors (Lipinski definition) is 2. The minimum absolute atomic E-state index is 0.0222. The van der Waals surface area contributed by atoms with Crippen LogP contribution in [0.3, 0.4) is 0 Å². The number of carboxylic acids is 1. The fraction of sp³-hybridized carbons (Fsp3) is 0.364. The Balaban J connectivity index is 2.27. The first-order valence-electron chi connectivity index (χ1n) is 5.51. The van der Waals surface area contributed by atoms with Gasteiger partial charge in [-0.3, -0.25) is 4.72 Å². The van der Waals surface area contributed by atoms with Crippen molar-refractivity contribution in [3.63, 3.8) is 0 Å². The second-order valence-electron chi connectivity index (χ2n) is 4.45. The van der Waals surface area contributed by atoms with Crippen LogP contribution in [0, 0.1) is 5.92 Å². The van der Waals surface area contributed by atoms with Gasteiger partial charge in [-0.1, -0.05) is 23.2 Å². The smallest absolute Gasteiger partial charge is 0.335 e. The van der Waals surface area contributed by atoms with Crippen molar-refractivity contribution >= 4 is 44.9 Å². The molecule has 0 bridgehead atoms. The van der Waals surface area contributed by atoms with E-state index in [4.69, 9.17) is 28.3 Å². The van der Waals surface area contributed by atoms with Gasteiger partial charge < -0.3 is 5.11 Å². The zero-order chi connectivity index (χ0) is 14.2. The van der Waals surface area contributed by atoms with Crippen LogP contribution in [0.5, 0.6) is 0 Å². The average Bonchev–Trinajstić information content (AvgIpc) is 3.06. The van der Waals surface area contributed by atoms with Gasteiger partial charge in [0.1, 0.15) is 0 Å². The van der Waals surface area contributed by atoms with Crippen LogP contribution in [0.15, 0.2) is 12.1 Å². The molecule has 1 aromatic rings. The number of hydrogen-bond acceptors (Lipinski definition) is 3. The normalized spacial score (nSPS) is 15.3. The van der Waals surface area contributed by atoms with E-state index in [1.165, 1.54) is 0 Å². The fourth-order valence-corrected chi connectivity index (χ4v) is 3.85. The van der Waals surface area contributed by atoms with E-state index < -0.39 is 16.0 Å². The van der Waals surface area contributed by atoms with Gasteiger partial charge in [0.25, 0.3) is 0 Å². The Bertz CT molecular complexity index is 603. The van der Waals surface area contributed by atoms with Gasteiger partial charge in [0.2, 0.25) is 10.0 Å². The lowest BCUT2D eigenvalue weighted by atomic mass is 10.2. The van der Waals surface area contributed by atoms with Gasteiger partial charge in [0.05, 0.1) is 27.0 Å². The summed E-state index contributed by atoms with van der Waals surface area (Å²) in [4.78, 5) is 10.8. The Morgan fingerprint density at radius 2 is 1.84 bits per heavy atom. The van der Waals surface area contributed by atoms with E-state index in [9.17, 15) is 13.2 Å². The molecule has 1 aliphatic carbocycles. The third kappa shape index (κ3) is 3.75. The second kappa shape index (κ2) is 5.19. The van der Waals surface area contributed by atoms with Crippen molar-refractivity contribution in [2.75, 3.05) is 10.5 Å². The summed E-state index contributed by atoms with van der Waals surface area (Å²) in [5, 5.41) is 8.75. The molecule has 1 aromatic carbocycles. The van der Waals surface area contributed by atoms with Gasteiger partial charge in [-0.2, -0.15) is 0 Å². The summed E-state index contributed by atoms with van der Waals surface area (Å²) in [5.74, 6) is -0.968. The van der Waals surface area contributed by atoms with Gasteiger partial charge in [-0.25, -0.2) is 13.2 Å². The molecule has 0 radical (unpaired) electrons. The number of aromatic carboxylic acids is 1. The molecule has 104 valence electrons. The molecule has 5 nitrogen and oxygen atoms in total. The monoisotopic (exact) mass is 323 g/mol. The Morgan fingerprint density at radius 3 is 2.26 bits per heavy atom. The lowest BCUT2D eigenvalue weighted by Crippen LogP contribution is -2.18. The topological polar surface area (TPSA) is 83.5 Å². The molecular formula is C11H11Cl2NO4S. The van der Waals surface area contributed by atoms with Gasteiger partial charge in [-0.15, -0.1) is 0 Å². The molecule has 19 heavy (non-hydrogen) atoms. The molecule has 2 N–H and O–H groups in total. The maximum atomic E-state index is 11.8. The minimum Gasteiger partial charge on any atom is -0.478 e. The van der Waals surface area contributed by atoms with E-state index in [0.29, 0.717) is 0 Å². The number of carbonyl (C=O) groups is 1. The number of nitrogens with one attached hydrogen (secondary N) is 1. The molecule has 8 heteroatoms. The Labute approximate surface area is 120 Å². The number of halogens is 2. The largest absolute Gasteiger partial charge is 0.478 e. The molecular weight excluding hydrogens is 313 g/mol. The number of rotatable bonds is 5. The predicted molar refractivity (Wildman–Crippen MR) is 73.6 cm³/mol. The summed E-state index contributed by atoms with van der Waals surface area (Å²) in [7, 11) is -3.52. The van der Waals surface area contributed by atoms with Crippen LogP contribution in [0.2, 0.25) is 10.0 Å². The minimum atomic E-state index is -3.52. The van der Waals surface area contributed by atoms with Crippen molar-refractivity contribution in [3.8, 4) is 0 Å². The van der Waals surface area contributed by atoms with Crippen LogP contribution in [0.4, 0.5) is 5.69 Å². The fourth-order valence-electron chi connectivity index (χ4n) is 1.59. The van der Waals surface area contributed by atoms with Crippen LogP contribution >= 0.6 is 23.2 Å². The zero-order valence-corrected chi connectivity index (χ0v) is 12.0. The first-order valence-corrected chi connectivity index (χ1v) is 7.92. The Morgan fingerprint density at radius 1 is 1.32 bits per heavy atom. The molecule has 2 rings (SSSR count). The highest BCUT2D eigenvalue weighted by Gasteiger charge is 2.28. The molecule has 1 saturated carbocycles. The summed E-state index contributed by atoms with van der Waals surface area (Å²) in [6.45, 7) is 0. The molecule has 0 amide bonds. The summed E-state index contributed by atoms with van der Waals surface area (Å²) >= 11 is 11.7. The third-order valence-corrected chi connectivity index (χ3v) is 4.72. The van der Waals surface area contributed by atoms with E-state index in [-0.39, 0.29) is 33.0 Å².